The van der Waals surface area contributed by atoms with Gasteiger partial charge in [-0.25, -0.2) is 4.79 Å². The predicted octanol–water partition coefficient (Wildman–Crippen LogP) is 4.26. The van der Waals surface area contributed by atoms with Gasteiger partial charge in [-0.05, 0) is 74.4 Å². The van der Waals surface area contributed by atoms with Crippen LogP contribution in [0.5, 0.6) is 5.75 Å². The summed E-state index contributed by atoms with van der Waals surface area (Å²) in [5, 5.41) is 12.5. The Kier molecular flexibility index (Phi) is 8.05. The summed E-state index contributed by atoms with van der Waals surface area (Å²) in [6.45, 7) is 1.25. The highest BCUT2D eigenvalue weighted by Gasteiger charge is 2.30. The fourth-order valence-electron chi connectivity index (χ4n) is 5.12. The second-order valence-corrected chi connectivity index (χ2v) is 13.6. The molecule has 214 valence electrons. The fourth-order valence-corrected chi connectivity index (χ4v) is 6.65. The molecule has 3 aromatic rings. The number of carbonyl (C=O) groups is 3. The standard InChI is InChI=1S/C30H28Cl2N2O6S/c1-41(2,39)21-5-3-4-17(12-21)13-24(30(37)38)33-28(35)26-23(31)14-20-16-34(10-8-22(20)27(26)32)29(36)19-7-6-18-9-11-40-25(18)15-19/h3-7,12,14-15,24H,1,8-11,13,16H2,2H3,(H,33,35)(H,37,38)/t24-,41?/m0/s1. The number of carboxylic acid groups (broad SMARTS) is 1. The molecule has 2 aliphatic rings. The molecular formula is C30H28Cl2N2O6S. The van der Waals surface area contributed by atoms with Crippen LogP contribution in [0, 0.1) is 0 Å². The van der Waals surface area contributed by atoms with Gasteiger partial charge in [0.25, 0.3) is 11.8 Å². The molecule has 41 heavy (non-hydrogen) atoms. The van der Waals surface area contributed by atoms with Crippen molar-refractivity contribution in [3.05, 3.63) is 92.0 Å². The van der Waals surface area contributed by atoms with Crippen molar-refractivity contribution >= 4 is 56.4 Å². The molecule has 2 amide bonds. The van der Waals surface area contributed by atoms with E-state index in [4.69, 9.17) is 27.9 Å². The molecule has 2 N–H and O–H groups in total. The molecule has 1 unspecified atom stereocenters. The molecule has 0 saturated heterocycles. The number of aliphatic carboxylic acids is 1. The van der Waals surface area contributed by atoms with Crippen LogP contribution >= 0.6 is 23.2 Å². The van der Waals surface area contributed by atoms with Crippen LogP contribution in [0.25, 0.3) is 0 Å². The number of carboxylic acids is 1. The lowest BCUT2D eigenvalue weighted by Gasteiger charge is -2.30. The summed E-state index contributed by atoms with van der Waals surface area (Å²) in [5.74, 6) is 2.29. The molecule has 0 radical (unpaired) electrons. The maximum absolute atomic E-state index is 13.3. The number of benzene rings is 3. The topological polar surface area (TPSA) is 113 Å². The van der Waals surface area contributed by atoms with Crippen LogP contribution in [0.2, 0.25) is 10.0 Å². The Bertz CT molecular complexity index is 1690. The van der Waals surface area contributed by atoms with Crippen LogP contribution in [0.4, 0.5) is 0 Å². The van der Waals surface area contributed by atoms with Crippen molar-refractivity contribution in [1.82, 2.24) is 10.2 Å². The van der Waals surface area contributed by atoms with E-state index in [-0.39, 0.29) is 34.5 Å². The molecule has 0 aliphatic carbocycles. The van der Waals surface area contributed by atoms with Gasteiger partial charge in [0.2, 0.25) is 0 Å². The van der Waals surface area contributed by atoms with Crippen molar-refractivity contribution in [2.24, 2.45) is 0 Å². The molecule has 0 spiro atoms. The third kappa shape index (κ3) is 6.07. The molecule has 0 saturated carbocycles. The lowest BCUT2D eigenvalue weighted by atomic mass is 9.95. The second kappa shape index (κ2) is 11.4. The van der Waals surface area contributed by atoms with E-state index in [1.165, 1.54) is 6.26 Å². The number of hydrogen-bond donors (Lipinski definition) is 2. The maximum atomic E-state index is 13.3. The maximum Gasteiger partial charge on any atom is 0.326 e. The van der Waals surface area contributed by atoms with Gasteiger partial charge in [-0.1, -0.05) is 41.4 Å². The summed E-state index contributed by atoms with van der Waals surface area (Å²) < 4.78 is 17.9. The SMILES string of the molecule is C=S(C)(=O)c1cccc(C[C@H](NC(=O)c2c(Cl)cc3c(c2Cl)CCN(C(=O)c2ccc4c(c2)OCC4)C3)C(=O)O)c1. The van der Waals surface area contributed by atoms with Crippen LogP contribution in [0.1, 0.15) is 43.0 Å². The molecule has 11 heteroatoms. The Morgan fingerprint density at radius 2 is 1.90 bits per heavy atom. The second-order valence-electron chi connectivity index (χ2n) is 10.3. The van der Waals surface area contributed by atoms with Crippen molar-refractivity contribution in [3.8, 4) is 5.75 Å². The number of hydrogen-bond acceptors (Lipinski definition) is 5. The molecule has 5 rings (SSSR count). The zero-order valence-corrected chi connectivity index (χ0v) is 24.6. The Balaban J connectivity index is 1.34. The molecule has 0 fully saturated rings. The Morgan fingerprint density at radius 1 is 1.12 bits per heavy atom. The van der Waals surface area contributed by atoms with Gasteiger partial charge >= 0.3 is 5.97 Å². The van der Waals surface area contributed by atoms with Crippen molar-refractivity contribution in [1.29, 1.82) is 0 Å². The Morgan fingerprint density at radius 3 is 2.63 bits per heavy atom. The first-order valence-electron chi connectivity index (χ1n) is 12.9. The molecule has 2 atom stereocenters. The molecule has 2 aliphatic heterocycles. The van der Waals surface area contributed by atoms with Crippen LogP contribution < -0.4 is 10.1 Å². The Labute approximate surface area is 248 Å². The van der Waals surface area contributed by atoms with E-state index < -0.39 is 27.4 Å². The minimum Gasteiger partial charge on any atom is -0.493 e. The number of rotatable bonds is 7. The zero-order chi connectivity index (χ0) is 29.5. The number of fused-ring (bicyclic) bond motifs is 2. The van der Waals surface area contributed by atoms with E-state index >= 15 is 0 Å². The largest absolute Gasteiger partial charge is 0.493 e. The molecule has 3 aromatic carbocycles. The molecular weight excluding hydrogens is 587 g/mol. The van der Waals surface area contributed by atoms with E-state index in [1.54, 1.807) is 47.4 Å². The van der Waals surface area contributed by atoms with Gasteiger partial charge < -0.3 is 20.1 Å². The van der Waals surface area contributed by atoms with Crippen molar-refractivity contribution < 1.29 is 28.4 Å². The van der Waals surface area contributed by atoms with Crippen LogP contribution in [0.3, 0.4) is 0 Å². The highest BCUT2D eigenvalue weighted by molar-refractivity contribution is 7.99. The monoisotopic (exact) mass is 614 g/mol. The number of amides is 2. The van der Waals surface area contributed by atoms with E-state index in [1.807, 2.05) is 6.07 Å². The van der Waals surface area contributed by atoms with Crippen molar-refractivity contribution in [2.75, 3.05) is 19.4 Å². The minimum atomic E-state index is -2.50. The normalized spacial score (nSPS) is 16.1. The molecule has 2 heterocycles. The lowest BCUT2D eigenvalue weighted by Crippen LogP contribution is -2.42. The lowest BCUT2D eigenvalue weighted by molar-refractivity contribution is -0.139. The zero-order valence-electron chi connectivity index (χ0n) is 22.2. The number of ether oxygens (including phenoxy) is 1. The predicted molar refractivity (Wildman–Crippen MR) is 159 cm³/mol. The average Bonchev–Trinajstić information content (AvgIpc) is 3.39. The van der Waals surface area contributed by atoms with Gasteiger partial charge in [0.15, 0.2) is 0 Å². The first-order valence-corrected chi connectivity index (χ1v) is 15.8. The summed E-state index contributed by atoms with van der Waals surface area (Å²) >= 11 is 13.2. The van der Waals surface area contributed by atoms with Crippen molar-refractivity contribution in [3.63, 3.8) is 0 Å². The third-order valence-electron chi connectivity index (χ3n) is 7.30. The quantitative estimate of drug-likeness (QED) is 0.385. The summed E-state index contributed by atoms with van der Waals surface area (Å²) in [4.78, 5) is 40.7. The van der Waals surface area contributed by atoms with Gasteiger partial charge in [-0.3, -0.25) is 13.8 Å². The van der Waals surface area contributed by atoms with Crippen LogP contribution in [-0.2, 0) is 40.1 Å². The first kappa shape index (κ1) is 29.0. The van der Waals surface area contributed by atoms with Crippen molar-refractivity contribution in [2.45, 2.75) is 36.7 Å². The first-order chi connectivity index (χ1) is 19.4. The van der Waals surface area contributed by atoms with Gasteiger partial charge in [0.05, 0.1) is 22.2 Å². The van der Waals surface area contributed by atoms with E-state index in [2.05, 4.69) is 11.2 Å². The Hall–Kier alpha value is -3.53. The summed E-state index contributed by atoms with van der Waals surface area (Å²) in [6.07, 6.45) is 2.68. The average molecular weight is 616 g/mol. The van der Waals surface area contributed by atoms with E-state index in [0.29, 0.717) is 41.2 Å². The molecule has 8 nitrogen and oxygen atoms in total. The number of nitrogens with one attached hydrogen (secondary N) is 1. The van der Waals surface area contributed by atoms with E-state index in [9.17, 15) is 23.7 Å². The van der Waals surface area contributed by atoms with Gasteiger partial charge in [0, 0.05) is 42.6 Å². The third-order valence-corrected chi connectivity index (χ3v) is 9.27. The summed E-state index contributed by atoms with van der Waals surface area (Å²) in [7, 11) is -2.50. The van der Waals surface area contributed by atoms with Gasteiger partial charge in [-0.2, -0.15) is 0 Å². The van der Waals surface area contributed by atoms with E-state index in [0.717, 1.165) is 23.3 Å². The molecule has 0 aromatic heterocycles. The minimum absolute atomic E-state index is 0.0167. The highest BCUT2D eigenvalue weighted by Crippen LogP contribution is 2.35. The highest BCUT2D eigenvalue weighted by atomic mass is 35.5. The van der Waals surface area contributed by atoms with Crippen LogP contribution in [-0.4, -0.2) is 63.3 Å². The summed E-state index contributed by atoms with van der Waals surface area (Å²) in [6, 6.07) is 12.4. The fraction of sp³-hybridized carbons (Fsp3) is 0.267. The number of halogens is 2. The van der Waals surface area contributed by atoms with Gasteiger partial charge in [0.1, 0.15) is 11.8 Å². The smallest absolute Gasteiger partial charge is 0.326 e. The summed E-state index contributed by atoms with van der Waals surface area (Å²) in [5.41, 5.74) is 3.58. The number of nitrogens with zero attached hydrogens (tertiary/aromatic N) is 1. The molecule has 0 bridgehead atoms. The number of carbonyl (C=O) groups excluding carboxylic acids is 2. The van der Waals surface area contributed by atoms with Gasteiger partial charge in [-0.15, -0.1) is 0 Å². The van der Waals surface area contributed by atoms with Crippen LogP contribution in [0.15, 0.2) is 53.4 Å².